The number of ketones is 2. The van der Waals surface area contributed by atoms with Gasteiger partial charge in [0, 0.05) is 63.7 Å². The molecule has 2 amide bonds. The molecule has 2 aliphatic heterocycles. The van der Waals surface area contributed by atoms with E-state index in [-0.39, 0.29) is 44.7 Å². The molecule has 95 heavy (non-hydrogen) atoms. The van der Waals surface area contributed by atoms with Crippen LogP contribution in [0.15, 0.2) is 131 Å². The lowest BCUT2D eigenvalue weighted by atomic mass is 10.1. The van der Waals surface area contributed by atoms with Crippen molar-refractivity contribution in [1.29, 1.82) is 0 Å². The molecule has 500 valence electrons. The van der Waals surface area contributed by atoms with Gasteiger partial charge in [-0.05, 0) is 159 Å². The van der Waals surface area contributed by atoms with E-state index in [1.165, 1.54) is 74.2 Å². The number of anilines is 10. The molecule has 0 bridgehead atoms. The Bertz CT molecular complexity index is 4080. The molecule has 3 aromatic heterocycles. The van der Waals surface area contributed by atoms with Crippen LogP contribution >= 0.6 is 34.4 Å². The molecule has 0 unspecified atom stereocenters. The molecule has 6 N–H and O–H groups in total. The Balaban J connectivity index is 1.06. The lowest BCUT2D eigenvalue weighted by Crippen LogP contribution is -2.30. The minimum atomic E-state index is -4.73. The molecule has 0 saturated carbocycles. The largest absolute Gasteiger partial charge is 0.372 e. The number of hydrogen-bond acceptors (Lipinski definition) is 26. The number of thiazole rings is 2. The molecule has 27 nitrogen and oxygen atoms in total. The van der Waals surface area contributed by atoms with Crippen molar-refractivity contribution in [1.82, 2.24) is 24.9 Å². The number of thioether (sulfide) groups is 1. The van der Waals surface area contributed by atoms with Crippen LogP contribution in [0.4, 0.5) is 79.3 Å². The maximum atomic E-state index is 13.8. The molecule has 2 saturated heterocycles. The van der Waals surface area contributed by atoms with Crippen molar-refractivity contribution in [2.24, 2.45) is 20.5 Å². The highest BCUT2D eigenvalue weighted by Gasteiger charge is 2.27. The third-order valence-electron chi connectivity index (χ3n) is 15.3. The molecule has 0 spiro atoms. The van der Waals surface area contributed by atoms with Crippen LogP contribution in [0, 0.1) is 0 Å². The summed E-state index contributed by atoms with van der Waals surface area (Å²) in [5.74, 6) is -1.07. The summed E-state index contributed by atoms with van der Waals surface area (Å²) >= 11 is 3.61. The molecular weight excluding hydrogens is 1320 g/mol. The summed E-state index contributed by atoms with van der Waals surface area (Å²) < 4.78 is 68.5. The van der Waals surface area contributed by atoms with Crippen molar-refractivity contribution in [2.75, 3.05) is 99.0 Å². The molecule has 32 heteroatoms. The van der Waals surface area contributed by atoms with Gasteiger partial charge >= 0.3 is 0 Å². The predicted octanol–water partition coefficient (Wildman–Crippen LogP) is 13.6. The number of Topliss-reactive ketones (excluding diaryl/α,β-unsaturated/α-hetero) is 2. The highest BCUT2D eigenvalue weighted by Crippen LogP contribution is 2.41. The highest BCUT2D eigenvalue weighted by molar-refractivity contribution is 7.99. The number of amides is 2. The SMILES string of the molecule is CCSc1nc(Nc2cc(N(CC)CC)ccc2/N=N/c2nc(N3CCCCC3)c(/C=C(/C(C)=O)C(=O)Nc3ccccc3S(=O)(=O)O)s2)nc(Nc2cc(N(CC)CC)ccc2/N=N/c2nc(N3CCCCC3)c(/C=C(\C(C)=O)C(=O)Nc3ccccc3S(=O)(=O)O)s2)n1. The van der Waals surface area contributed by atoms with Gasteiger partial charge in [-0.2, -0.15) is 41.8 Å². The number of azo groups is 2. The molecule has 4 aromatic carbocycles. The first-order valence-corrected chi connectivity index (χ1v) is 36.3. The van der Waals surface area contributed by atoms with Gasteiger partial charge in [-0.1, -0.05) is 65.6 Å². The van der Waals surface area contributed by atoms with E-state index < -0.39 is 53.4 Å². The number of carbonyl (C=O) groups is 4. The Labute approximate surface area is 563 Å². The lowest BCUT2D eigenvalue weighted by molar-refractivity contribution is -0.120. The molecular formula is C63H73N17O10S5. The molecule has 0 atom stereocenters. The maximum Gasteiger partial charge on any atom is 0.296 e. The lowest BCUT2D eigenvalue weighted by Gasteiger charge is -2.27. The van der Waals surface area contributed by atoms with Gasteiger partial charge in [0.2, 0.25) is 22.2 Å². The third kappa shape index (κ3) is 18.1. The Morgan fingerprint density at radius 2 is 0.926 bits per heavy atom. The molecule has 5 heterocycles. The van der Waals surface area contributed by atoms with E-state index in [0.29, 0.717) is 107 Å². The second kappa shape index (κ2) is 32.0. The van der Waals surface area contributed by atoms with Gasteiger partial charge in [0.1, 0.15) is 32.8 Å². The Kier molecular flexibility index (Phi) is 23.7. The van der Waals surface area contributed by atoms with Crippen molar-refractivity contribution in [3.05, 3.63) is 106 Å². The molecule has 9 rings (SSSR count). The van der Waals surface area contributed by atoms with E-state index in [4.69, 9.17) is 35.1 Å². The zero-order valence-corrected chi connectivity index (χ0v) is 57.4. The van der Waals surface area contributed by atoms with Crippen LogP contribution in [0.1, 0.15) is 96.7 Å². The molecule has 2 fully saturated rings. The zero-order valence-electron chi connectivity index (χ0n) is 53.4. The summed E-state index contributed by atoms with van der Waals surface area (Å²) in [4.78, 5) is 86.7. The third-order valence-corrected chi connectivity index (χ3v) is 19.6. The molecule has 0 aliphatic carbocycles. The van der Waals surface area contributed by atoms with E-state index in [9.17, 15) is 45.1 Å². The molecule has 0 radical (unpaired) electrons. The van der Waals surface area contributed by atoms with Crippen molar-refractivity contribution in [3.63, 3.8) is 0 Å². The number of nitrogens with one attached hydrogen (secondary N) is 4. The first-order valence-electron chi connectivity index (χ1n) is 30.8. The number of rotatable bonds is 28. The predicted molar refractivity (Wildman–Crippen MR) is 375 cm³/mol. The fourth-order valence-electron chi connectivity index (χ4n) is 10.5. The maximum absolute atomic E-state index is 13.8. The summed E-state index contributed by atoms with van der Waals surface area (Å²) in [7, 11) is -9.45. The minimum Gasteiger partial charge on any atom is -0.372 e. The Hall–Kier alpha value is -8.92. The summed E-state index contributed by atoms with van der Waals surface area (Å²) in [5.41, 5.74) is 2.48. The minimum absolute atomic E-state index is 0.160. The van der Waals surface area contributed by atoms with E-state index in [0.717, 1.165) is 84.7 Å². The van der Waals surface area contributed by atoms with Gasteiger partial charge in [-0.15, -0.1) is 20.5 Å². The normalized spacial score (nSPS) is 14.1. The van der Waals surface area contributed by atoms with Crippen LogP contribution in [0.3, 0.4) is 0 Å². The summed E-state index contributed by atoms with van der Waals surface area (Å²) in [5, 5.41) is 31.4. The first kappa shape index (κ1) is 70.4. The van der Waals surface area contributed by atoms with E-state index in [2.05, 4.69) is 78.8 Å². The van der Waals surface area contributed by atoms with Gasteiger partial charge in [0.15, 0.2) is 16.7 Å². The van der Waals surface area contributed by atoms with Gasteiger partial charge in [-0.3, -0.25) is 28.3 Å². The topological polar surface area (TPSA) is 352 Å². The Morgan fingerprint density at radius 1 is 0.537 bits per heavy atom. The number of nitrogens with zero attached hydrogens (tertiary/aromatic N) is 13. The number of carbonyl (C=O) groups excluding carboxylic acids is 4. The van der Waals surface area contributed by atoms with Crippen LogP contribution in [-0.2, 0) is 39.4 Å². The first-order chi connectivity index (χ1) is 45.6. The van der Waals surface area contributed by atoms with Crippen molar-refractivity contribution in [2.45, 2.75) is 102 Å². The van der Waals surface area contributed by atoms with E-state index in [1.54, 1.807) is 0 Å². The van der Waals surface area contributed by atoms with Gasteiger partial charge in [-0.25, -0.2) is 0 Å². The van der Waals surface area contributed by atoms with Crippen LogP contribution in [-0.4, -0.2) is 132 Å². The standard InChI is InChI=1S/C63H73N17O10S5/c1-8-77(9-2)41-27-29-45(73-75-62-68-55(79-31-19-13-20-32-79)51(92-62)37-43(39(6)81)57(83)64-47-23-15-17-25-53(47)94(85,86)87)49(35-41)66-59-70-60(72-61(71-59)91-12-5)67-50-36-42(78(10-3)11-4)28-30-46(50)74-76-63-69-56(80-33-21-14-22-34-80)52(93-63)38-44(40(7)82)58(84)65-48-24-16-18-26-54(48)95(88,89)90/h15-18,23-30,35-38H,8-14,19-22,31-34H2,1-7H3,(H,64,83)(H,65,84)(H,85,86,87)(H,88,89,90)(H2,66,67,70,71,72)/b43-37-,44-38+,75-73+,76-74+. The van der Waals surface area contributed by atoms with Crippen LogP contribution in [0.5, 0.6) is 0 Å². The second-order valence-corrected chi connectivity index (χ2v) is 27.7. The highest BCUT2D eigenvalue weighted by atomic mass is 32.2. The zero-order chi connectivity index (χ0) is 68.0. The summed E-state index contributed by atoms with van der Waals surface area (Å²) in [6.07, 6.45) is 8.39. The van der Waals surface area contributed by atoms with Crippen molar-refractivity contribution >= 4 is 169 Å². The number of piperidine rings is 2. The molecule has 2 aliphatic rings. The fourth-order valence-corrected chi connectivity index (χ4v) is 14.1. The average molecular weight is 1390 g/mol. The quantitative estimate of drug-likeness (QED) is 0.00662. The summed E-state index contributed by atoms with van der Waals surface area (Å²) in [6, 6.07) is 22.0. The van der Waals surface area contributed by atoms with Gasteiger partial charge in [0.05, 0.1) is 43.7 Å². The molecule has 7 aromatic rings. The number of benzene rings is 4. The van der Waals surface area contributed by atoms with Gasteiger partial charge in [0.25, 0.3) is 32.1 Å². The van der Waals surface area contributed by atoms with E-state index in [1.807, 2.05) is 43.3 Å². The second-order valence-electron chi connectivity index (χ2n) is 21.6. The van der Waals surface area contributed by atoms with Crippen LogP contribution in [0.2, 0.25) is 0 Å². The summed E-state index contributed by atoms with van der Waals surface area (Å²) in [6.45, 7) is 18.0. The van der Waals surface area contributed by atoms with E-state index >= 15 is 0 Å². The fraction of sp³-hybridized carbons (Fsp3) is 0.349. The van der Waals surface area contributed by atoms with Crippen LogP contribution < -0.4 is 40.9 Å². The van der Waals surface area contributed by atoms with Gasteiger partial charge < -0.3 is 40.9 Å². The van der Waals surface area contributed by atoms with Crippen LogP contribution in [0.25, 0.3) is 12.2 Å². The monoisotopic (exact) mass is 1390 g/mol. The number of hydrogen-bond donors (Lipinski definition) is 6. The number of aromatic nitrogens is 5. The number of para-hydroxylation sites is 2. The smallest absolute Gasteiger partial charge is 0.296 e. The Morgan fingerprint density at radius 3 is 1.28 bits per heavy atom. The van der Waals surface area contributed by atoms with Crippen molar-refractivity contribution < 1.29 is 45.1 Å². The van der Waals surface area contributed by atoms with Crippen molar-refractivity contribution in [3.8, 4) is 0 Å². The average Bonchev–Trinajstić information content (AvgIpc) is 1.81.